The summed E-state index contributed by atoms with van der Waals surface area (Å²) in [5.41, 5.74) is 6.44. The van der Waals surface area contributed by atoms with Crippen LogP contribution >= 0.6 is 11.8 Å². The van der Waals surface area contributed by atoms with Crippen molar-refractivity contribution in [3.8, 4) is 0 Å². The van der Waals surface area contributed by atoms with Gasteiger partial charge >= 0.3 is 0 Å². The highest BCUT2D eigenvalue weighted by atomic mass is 32.2. The number of carbonyl (C=O) groups excluding carboxylic acids is 1. The molecule has 3 rings (SSSR count). The van der Waals surface area contributed by atoms with Gasteiger partial charge in [-0.1, -0.05) is 11.8 Å². The Hall–Kier alpha value is -1.56. The maximum Gasteiger partial charge on any atom is 0.211 e. The minimum Gasteiger partial charge on any atom is -0.379 e. The van der Waals surface area contributed by atoms with E-state index < -0.39 is 5.54 Å². The SMILES string of the molecule is NC1=NC2(c3cc(NC=O)ccc3F)CC2CCS1. The maximum absolute atomic E-state index is 14.1. The monoisotopic (exact) mass is 279 g/mol. The van der Waals surface area contributed by atoms with Crippen LogP contribution in [0.15, 0.2) is 23.2 Å². The second-order valence-electron chi connectivity index (χ2n) is 4.87. The zero-order valence-corrected chi connectivity index (χ0v) is 11.0. The Kier molecular flexibility index (Phi) is 2.97. The van der Waals surface area contributed by atoms with Crippen molar-refractivity contribution in [3.63, 3.8) is 0 Å². The van der Waals surface area contributed by atoms with E-state index in [1.54, 1.807) is 12.1 Å². The standard InChI is InChI=1S/C13H14FN3OS/c14-11-2-1-9(16-7-18)5-10(11)13-6-8(13)3-4-19-12(15)17-13/h1-2,5,7-8H,3-4,6H2,(H2,15,17)(H,16,18). The van der Waals surface area contributed by atoms with Gasteiger partial charge in [-0.05, 0) is 37.0 Å². The number of amides is 1. The third kappa shape index (κ3) is 2.10. The average Bonchev–Trinajstić information content (AvgIpc) is 3.06. The van der Waals surface area contributed by atoms with Crippen LogP contribution in [0.2, 0.25) is 0 Å². The van der Waals surface area contributed by atoms with Crippen molar-refractivity contribution < 1.29 is 9.18 Å². The van der Waals surface area contributed by atoms with E-state index in [1.807, 2.05) is 0 Å². The van der Waals surface area contributed by atoms with Crippen LogP contribution in [-0.4, -0.2) is 17.3 Å². The summed E-state index contributed by atoms with van der Waals surface area (Å²) in [6.45, 7) is 0. The molecule has 1 aliphatic carbocycles. The van der Waals surface area contributed by atoms with Crippen LogP contribution in [0, 0.1) is 11.7 Å². The minimum absolute atomic E-state index is 0.289. The number of halogens is 1. The number of nitrogens with one attached hydrogen (secondary N) is 1. The molecule has 1 aromatic carbocycles. The third-order valence-electron chi connectivity index (χ3n) is 3.76. The molecular formula is C13H14FN3OS. The molecule has 1 saturated carbocycles. The lowest BCUT2D eigenvalue weighted by Gasteiger charge is -2.14. The van der Waals surface area contributed by atoms with E-state index in [2.05, 4.69) is 10.3 Å². The van der Waals surface area contributed by atoms with Crippen LogP contribution in [0.25, 0.3) is 0 Å². The molecule has 100 valence electrons. The van der Waals surface area contributed by atoms with Crippen molar-refractivity contribution in [2.75, 3.05) is 11.1 Å². The number of carbonyl (C=O) groups is 1. The molecule has 0 spiro atoms. The van der Waals surface area contributed by atoms with Gasteiger partial charge in [-0.3, -0.25) is 9.79 Å². The zero-order valence-electron chi connectivity index (χ0n) is 10.2. The lowest BCUT2D eigenvalue weighted by atomic mass is 10.0. The Bertz CT molecular complexity index is 563. The summed E-state index contributed by atoms with van der Waals surface area (Å²) in [6, 6.07) is 4.57. The Labute approximate surface area is 114 Å². The molecule has 0 saturated heterocycles. The molecule has 2 atom stereocenters. The predicted octanol–water partition coefficient (Wildman–Crippen LogP) is 2.06. The molecule has 4 nitrogen and oxygen atoms in total. The molecule has 1 aliphatic heterocycles. The number of rotatable bonds is 3. The molecule has 1 heterocycles. The van der Waals surface area contributed by atoms with Crippen LogP contribution < -0.4 is 11.1 Å². The first-order valence-electron chi connectivity index (χ1n) is 6.14. The Morgan fingerprint density at radius 3 is 3.21 bits per heavy atom. The summed E-state index contributed by atoms with van der Waals surface area (Å²) in [5, 5.41) is 3.07. The van der Waals surface area contributed by atoms with Crippen molar-refractivity contribution >= 4 is 29.0 Å². The van der Waals surface area contributed by atoms with Gasteiger partial charge in [0.25, 0.3) is 0 Å². The Morgan fingerprint density at radius 2 is 2.42 bits per heavy atom. The molecule has 6 heteroatoms. The van der Waals surface area contributed by atoms with Gasteiger partial charge in [-0.25, -0.2) is 4.39 Å². The van der Waals surface area contributed by atoms with E-state index in [-0.39, 0.29) is 5.82 Å². The van der Waals surface area contributed by atoms with Gasteiger partial charge in [0, 0.05) is 17.0 Å². The van der Waals surface area contributed by atoms with Gasteiger partial charge in [-0.2, -0.15) is 0 Å². The van der Waals surface area contributed by atoms with E-state index in [0.717, 1.165) is 18.6 Å². The smallest absolute Gasteiger partial charge is 0.211 e. The summed E-state index contributed by atoms with van der Waals surface area (Å²) in [4.78, 5) is 15.0. The van der Waals surface area contributed by atoms with Crippen molar-refractivity contribution in [2.24, 2.45) is 16.6 Å². The molecular weight excluding hydrogens is 265 g/mol. The van der Waals surface area contributed by atoms with Gasteiger partial charge in [-0.15, -0.1) is 0 Å². The van der Waals surface area contributed by atoms with Gasteiger partial charge in [0.05, 0.1) is 5.54 Å². The number of hydrogen-bond acceptors (Lipinski definition) is 4. The normalized spacial score (nSPS) is 28.9. The van der Waals surface area contributed by atoms with Crippen LogP contribution in [0.4, 0.5) is 10.1 Å². The first kappa shape index (κ1) is 12.5. The van der Waals surface area contributed by atoms with Crippen molar-refractivity contribution in [3.05, 3.63) is 29.6 Å². The largest absolute Gasteiger partial charge is 0.379 e. The second kappa shape index (κ2) is 4.52. The first-order valence-corrected chi connectivity index (χ1v) is 7.12. The molecule has 1 aromatic rings. The van der Waals surface area contributed by atoms with Gasteiger partial charge in [0.15, 0.2) is 5.17 Å². The Morgan fingerprint density at radius 1 is 1.58 bits per heavy atom. The highest BCUT2D eigenvalue weighted by molar-refractivity contribution is 8.13. The average molecular weight is 279 g/mol. The number of anilines is 1. The van der Waals surface area contributed by atoms with Crippen LogP contribution in [0.5, 0.6) is 0 Å². The summed E-state index contributed by atoms with van der Waals surface area (Å²) >= 11 is 1.52. The lowest BCUT2D eigenvalue weighted by molar-refractivity contribution is -0.105. The third-order valence-corrected chi connectivity index (χ3v) is 4.58. The van der Waals surface area contributed by atoms with E-state index in [9.17, 15) is 9.18 Å². The quantitative estimate of drug-likeness (QED) is 0.832. The van der Waals surface area contributed by atoms with E-state index in [1.165, 1.54) is 17.8 Å². The number of aliphatic imine (C=N–C) groups is 1. The number of fused-ring (bicyclic) bond motifs is 1. The van der Waals surface area contributed by atoms with Gasteiger partial charge in [0.1, 0.15) is 5.82 Å². The van der Waals surface area contributed by atoms with E-state index in [4.69, 9.17) is 5.73 Å². The number of nitrogens with zero attached hydrogens (tertiary/aromatic N) is 1. The van der Waals surface area contributed by atoms with Gasteiger partial charge in [0.2, 0.25) is 6.41 Å². The Balaban J connectivity index is 2.04. The minimum atomic E-state index is -0.516. The maximum atomic E-state index is 14.1. The summed E-state index contributed by atoms with van der Waals surface area (Å²) < 4.78 is 14.1. The van der Waals surface area contributed by atoms with Crippen molar-refractivity contribution in [1.82, 2.24) is 0 Å². The van der Waals surface area contributed by atoms with Crippen molar-refractivity contribution in [2.45, 2.75) is 18.4 Å². The van der Waals surface area contributed by atoms with Gasteiger partial charge < -0.3 is 11.1 Å². The topological polar surface area (TPSA) is 67.5 Å². The first-order chi connectivity index (χ1) is 9.15. The number of benzene rings is 1. The molecule has 1 amide bonds. The predicted molar refractivity (Wildman–Crippen MR) is 74.6 cm³/mol. The fourth-order valence-corrected chi connectivity index (χ4v) is 3.57. The molecule has 0 bridgehead atoms. The van der Waals surface area contributed by atoms with Crippen LogP contribution in [0.1, 0.15) is 18.4 Å². The van der Waals surface area contributed by atoms with E-state index in [0.29, 0.717) is 28.7 Å². The highest BCUT2D eigenvalue weighted by Crippen LogP contribution is 2.59. The van der Waals surface area contributed by atoms with Crippen LogP contribution in [-0.2, 0) is 10.3 Å². The zero-order chi connectivity index (χ0) is 13.5. The number of thioether (sulfide) groups is 1. The number of amidine groups is 1. The second-order valence-corrected chi connectivity index (χ2v) is 5.98. The molecule has 0 radical (unpaired) electrons. The summed E-state index contributed by atoms with van der Waals surface area (Å²) in [6.07, 6.45) is 2.40. The molecule has 3 N–H and O–H groups in total. The molecule has 2 aliphatic rings. The number of nitrogens with two attached hydrogens (primary N) is 1. The van der Waals surface area contributed by atoms with Crippen molar-refractivity contribution in [1.29, 1.82) is 0 Å². The number of hydrogen-bond donors (Lipinski definition) is 2. The lowest BCUT2D eigenvalue weighted by Crippen LogP contribution is -2.15. The molecule has 0 aromatic heterocycles. The summed E-state index contributed by atoms with van der Waals surface area (Å²) in [7, 11) is 0. The molecule has 19 heavy (non-hydrogen) atoms. The summed E-state index contributed by atoms with van der Waals surface area (Å²) in [5.74, 6) is 0.986. The highest BCUT2D eigenvalue weighted by Gasteiger charge is 2.57. The molecule has 1 fully saturated rings. The fraction of sp³-hybridized carbons (Fsp3) is 0.385. The molecule has 2 unspecified atom stereocenters. The van der Waals surface area contributed by atoms with Crippen LogP contribution in [0.3, 0.4) is 0 Å². The fourth-order valence-electron chi connectivity index (χ4n) is 2.73. The van der Waals surface area contributed by atoms with E-state index >= 15 is 0 Å².